The molecule has 0 spiro atoms. The van der Waals surface area contributed by atoms with Gasteiger partial charge in [-0.3, -0.25) is 4.79 Å². The topological polar surface area (TPSA) is 49.9 Å². The molecule has 5 heteroatoms. The molecule has 1 aromatic carbocycles. The molecule has 2 aliphatic carbocycles. The fraction of sp³-hybridized carbons (Fsp3) is 0.600. The van der Waals surface area contributed by atoms with Crippen molar-refractivity contribution in [2.45, 2.75) is 32.1 Å². The Balaban J connectivity index is 1.24. The first-order valence-corrected chi connectivity index (χ1v) is 9.48. The van der Waals surface area contributed by atoms with Crippen molar-refractivity contribution in [3.8, 4) is 5.75 Å². The summed E-state index contributed by atoms with van der Waals surface area (Å²) in [6.07, 6.45) is 5.66. The molecule has 1 heterocycles. The molecule has 4 rings (SSSR count). The van der Waals surface area contributed by atoms with Gasteiger partial charge in [-0.1, -0.05) is 24.6 Å². The van der Waals surface area contributed by atoms with Crippen LogP contribution in [0.5, 0.6) is 5.75 Å². The fourth-order valence-corrected chi connectivity index (χ4v) is 4.77. The van der Waals surface area contributed by atoms with Gasteiger partial charge in [-0.05, 0) is 49.1 Å². The Kier molecular flexibility index (Phi) is 4.64. The van der Waals surface area contributed by atoms with Crippen molar-refractivity contribution in [1.29, 1.82) is 0 Å². The molecular formula is C20H26N2O3. The van der Waals surface area contributed by atoms with Crippen LogP contribution in [0.2, 0.25) is 0 Å². The molecule has 5 nitrogen and oxygen atoms in total. The summed E-state index contributed by atoms with van der Waals surface area (Å²) in [6, 6.07) is 9.11. The Morgan fingerprint density at radius 3 is 2.32 bits per heavy atom. The largest absolute Gasteiger partial charge is 0.415 e. The number of carbonyl (C=O) groups is 2. The number of para-hydroxylation sites is 1. The summed E-state index contributed by atoms with van der Waals surface area (Å²) in [7, 11) is 0. The van der Waals surface area contributed by atoms with Crippen LogP contribution in [0, 0.1) is 17.8 Å². The van der Waals surface area contributed by atoms with Crippen LogP contribution < -0.4 is 4.74 Å². The van der Waals surface area contributed by atoms with Crippen LogP contribution in [-0.2, 0) is 4.79 Å². The quantitative estimate of drug-likeness (QED) is 0.848. The van der Waals surface area contributed by atoms with Gasteiger partial charge in [-0.15, -0.1) is 0 Å². The number of carbonyl (C=O) groups excluding carboxylic acids is 2. The Morgan fingerprint density at radius 1 is 0.960 bits per heavy atom. The van der Waals surface area contributed by atoms with Crippen molar-refractivity contribution in [3.63, 3.8) is 0 Å². The molecule has 0 aromatic heterocycles. The van der Waals surface area contributed by atoms with Gasteiger partial charge in [0.15, 0.2) is 0 Å². The van der Waals surface area contributed by atoms with Crippen molar-refractivity contribution < 1.29 is 14.3 Å². The van der Waals surface area contributed by atoms with Crippen LogP contribution in [0.1, 0.15) is 32.1 Å². The molecule has 1 saturated heterocycles. The maximum Gasteiger partial charge on any atom is 0.415 e. The lowest BCUT2D eigenvalue weighted by Crippen LogP contribution is -2.51. The highest BCUT2D eigenvalue weighted by atomic mass is 16.6. The van der Waals surface area contributed by atoms with Crippen molar-refractivity contribution in [2.24, 2.45) is 17.8 Å². The molecule has 2 bridgehead atoms. The lowest BCUT2D eigenvalue weighted by molar-refractivity contribution is -0.134. The SMILES string of the molecule is O=C(C[C@H]1C[C@H]2CC[C@H]1C2)N1CCN(C(=O)Oc2ccccc2)CC1. The maximum atomic E-state index is 12.6. The predicted molar refractivity (Wildman–Crippen MR) is 94.2 cm³/mol. The van der Waals surface area contributed by atoms with Gasteiger partial charge < -0.3 is 14.5 Å². The minimum Gasteiger partial charge on any atom is -0.410 e. The number of hydrogen-bond donors (Lipinski definition) is 0. The van der Waals surface area contributed by atoms with Gasteiger partial charge in [-0.25, -0.2) is 4.79 Å². The summed E-state index contributed by atoms with van der Waals surface area (Å²) in [5.41, 5.74) is 0. The molecule has 2 saturated carbocycles. The van der Waals surface area contributed by atoms with Crippen molar-refractivity contribution in [3.05, 3.63) is 30.3 Å². The number of rotatable bonds is 3. The van der Waals surface area contributed by atoms with Gasteiger partial charge in [-0.2, -0.15) is 0 Å². The number of amides is 2. The van der Waals surface area contributed by atoms with Crippen molar-refractivity contribution >= 4 is 12.0 Å². The molecule has 25 heavy (non-hydrogen) atoms. The highest BCUT2D eigenvalue weighted by molar-refractivity contribution is 5.77. The number of piperazine rings is 1. The minimum absolute atomic E-state index is 0.272. The Morgan fingerprint density at radius 2 is 1.68 bits per heavy atom. The Hall–Kier alpha value is -2.04. The maximum absolute atomic E-state index is 12.6. The molecule has 0 radical (unpaired) electrons. The highest BCUT2D eigenvalue weighted by Crippen LogP contribution is 2.49. The summed E-state index contributed by atoms with van der Waals surface area (Å²) in [5.74, 6) is 3.10. The second-order valence-corrected chi connectivity index (χ2v) is 7.69. The van der Waals surface area contributed by atoms with Gasteiger partial charge in [0.25, 0.3) is 0 Å². The standard InChI is InChI=1S/C20H26N2O3/c23-19(14-17-13-15-6-7-16(17)12-15)21-8-10-22(11-9-21)20(24)25-18-4-2-1-3-5-18/h1-5,15-17H,6-14H2/t15-,16-,17+/m0/s1. The zero-order valence-electron chi connectivity index (χ0n) is 14.6. The number of hydrogen-bond acceptors (Lipinski definition) is 3. The lowest BCUT2D eigenvalue weighted by Gasteiger charge is -2.35. The number of nitrogens with zero attached hydrogens (tertiary/aromatic N) is 2. The van der Waals surface area contributed by atoms with Crippen LogP contribution >= 0.6 is 0 Å². The van der Waals surface area contributed by atoms with E-state index < -0.39 is 0 Å². The van der Waals surface area contributed by atoms with E-state index in [2.05, 4.69) is 0 Å². The molecule has 3 fully saturated rings. The van der Waals surface area contributed by atoms with Crippen molar-refractivity contribution in [1.82, 2.24) is 9.80 Å². The highest BCUT2D eigenvalue weighted by Gasteiger charge is 2.40. The van der Waals surface area contributed by atoms with Crippen LogP contribution in [0.3, 0.4) is 0 Å². The number of ether oxygens (including phenoxy) is 1. The zero-order chi connectivity index (χ0) is 17.2. The second kappa shape index (κ2) is 7.06. The smallest absolute Gasteiger partial charge is 0.410 e. The molecule has 2 amide bonds. The van der Waals surface area contributed by atoms with E-state index in [1.54, 1.807) is 17.0 Å². The monoisotopic (exact) mass is 342 g/mol. The molecule has 3 atom stereocenters. The van der Waals surface area contributed by atoms with Crippen molar-refractivity contribution in [2.75, 3.05) is 26.2 Å². The fourth-order valence-electron chi connectivity index (χ4n) is 4.77. The summed E-state index contributed by atoms with van der Waals surface area (Å²) >= 11 is 0. The van der Waals surface area contributed by atoms with E-state index in [9.17, 15) is 9.59 Å². The van der Waals surface area contributed by atoms with E-state index >= 15 is 0 Å². The van der Waals surface area contributed by atoms with Crippen LogP contribution in [0.15, 0.2) is 30.3 Å². The second-order valence-electron chi connectivity index (χ2n) is 7.69. The summed E-state index contributed by atoms with van der Waals surface area (Å²) in [6.45, 7) is 2.33. The van der Waals surface area contributed by atoms with E-state index in [0.29, 0.717) is 44.3 Å². The van der Waals surface area contributed by atoms with Gasteiger partial charge >= 0.3 is 6.09 Å². The lowest BCUT2D eigenvalue weighted by atomic mass is 9.86. The van der Waals surface area contributed by atoms with Gasteiger partial charge in [0.2, 0.25) is 5.91 Å². The third-order valence-corrected chi connectivity index (χ3v) is 6.16. The molecule has 3 aliphatic rings. The van der Waals surface area contributed by atoms with E-state index in [4.69, 9.17) is 4.74 Å². The molecule has 0 unspecified atom stereocenters. The van der Waals surface area contributed by atoms with E-state index in [1.165, 1.54) is 25.7 Å². The van der Waals surface area contributed by atoms with Gasteiger partial charge in [0.1, 0.15) is 5.75 Å². The van der Waals surface area contributed by atoms with Gasteiger partial charge in [0, 0.05) is 32.6 Å². The van der Waals surface area contributed by atoms with Gasteiger partial charge in [0.05, 0.1) is 0 Å². The zero-order valence-corrected chi connectivity index (χ0v) is 14.6. The average Bonchev–Trinajstić information content (AvgIpc) is 3.25. The summed E-state index contributed by atoms with van der Waals surface area (Å²) in [5, 5.41) is 0. The van der Waals surface area contributed by atoms with E-state index in [1.807, 2.05) is 23.1 Å². The molecule has 1 aliphatic heterocycles. The number of fused-ring (bicyclic) bond motifs is 2. The Bertz CT molecular complexity index is 625. The average molecular weight is 342 g/mol. The third-order valence-electron chi connectivity index (χ3n) is 6.16. The number of benzene rings is 1. The Labute approximate surface area is 148 Å². The van der Waals surface area contributed by atoms with Crippen LogP contribution in [0.25, 0.3) is 0 Å². The summed E-state index contributed by atoms with van der Waals surface area (Å²) < 4.78 is 5.37. The third kappa shape index (κ3) is 3.65. The molecular weight excluding hydrogens is 316 g/mol. The normalized spacial score (nSPS) is 28.2. The minimum atomic E-state index is -0.327. The van der Waals surface area contributed by atoms with Crippen LogP contribution in [0.4, 0.5) is 4.79 Å². The molecule has 134 valence electrons. The first-order chi connectivity index (χ1) is 12.2. The first kappa shape index (κ1) is 16.4. The van der Waals surface area contributed by atoms with E-state index in [-0.39, 0.29) is 12.0 Å². The first-order valence-electron chi connectivity index (χ1n) is 9.48. The molecule has 1 aromatic rings. The van der Waals surface area contributed by atoms with Crippen LogP contribution in [-0.4, -0.2) is 48.0 Å². The van der Waals surface area contributed by atoms with E-state index in [0.717, 1.165) is 11.8 Å². The summed E-state index contributed by atoms with van der Waals surface area (Å²) in [4.78, 5) is 28.4. The molecule has 0 N–H and O–H groups in total. The predicted octanol–water partition coefficient (Wildman–Crippen LogP) is 3.16.